The maximum atomic E-state index is 5.61. The fourth-order valence-electron chi connectivity index (χ4n) is 1.40. The second-order valence-electron chi connectivity index (χ2n) is 4.26. The molecule has 2 heterocycles. The van der Waals surface area contributed by atoms with Crippen LogP contribution in [0.4, 0.5) is 0 Å². The Morgan fingerprint density at radius 1 is 1.35 bits per heavy atom. The number of rotatable bonds is 4. The van der Waals surface area contributed by atoms with Gasteiger partial charge in [-0.15, -0.1) is 10.2 Å². The molecule has 0 saturated carbocycles. The Kier molecular flexibility index (Phi) is 3.12. The third-order valence-electron chi connectivity index (χ3n) is 2.66. The molecule has 0 aliphatic heterocycles. The van der Waals surface area contributed by atoms with Gasteiger partial charge in [0, 0.05) is 13.1 Å². The minimum atomic E-state index is 0.337. The van der Waals surface area contributed by atoms with E-state index < -0.39 is 0 Å². The van der Waals surface area contributed by atoms with Gasteiger partial charge in [-0.25, -0.2) is 0 Å². The molecule has 0 aliphatic rings. The topological polar surface area (TPSA) is 57.8 Å². The zero-order valence-electron chi connectivity index (χ0n) is 10.6. The molecule has 0 saturated heterocycles. The minimum absolute atomic E-state index is 0.337. The number of aryl methyl sites for hydroxylation is 1. The normalized spacial score (nSPS) is 11.1. The summed E-state index contributed by atoms with van der Waals surface area (Å²) in [6.07, 6.45) is 3.59. The predicted molar refractivity (Wildman–Crippen MR) is 62.7 cm³/mol. The van der Waals surface area contributed by atoms with Crippen LogP contribution in [0.5, 0.6) is 5.75 Å². The van der Waals surface area contributed by atoms with Crippen molar-refractivity contribution in [3.05, 3.63) is 24.0 Å². The Morgan fingerprint density at radius 2 is 2.12 bits per heavy atom. The fourth-order valence-corrected chi connectivity index (χ4v) is 1.40. The summed E-state index contributed by atoms with van der Waals surface area (Å²) in [7, 11) is 1.92. The van der Waals surface area contributed by atoms with Crippen LogP contribution in [0, 0.1) is 6.92 Å². The van der Waals surface area contributed by atoms with Crippen LogP contribution in [-0.4, -0.2) is 24.5 Å². The average Bonchev–Trinajstić information content (AvgIpc) is 2.86. The SMILES string of the molecule is Cc1nnc(COc2cnn(C(C)C)c2)n1C. The van der Waals surface area contributed by atoms with Gasteiger partial charge in [-0.3, -0.25) is 4.68 Å². The highest BCUT2D eigenvalue weighted by Crippen LogP contribution is 2.13. The molecule has 0 N–H and O–H groups in total. The van der Waals surface area contributed by atoms with E-state index in [2.05, 4.69) is 29.1 Å². The summed E-state index contributed by atoms with van der Waals surface area (Å²) in [4.78, 5) is 0. The second kappa shape index (κ2) is 4.57. The van der Waals surface area contributed by atoms with Gasteiger partial charge in [-0.1, -0.05) is 0 Å². The van der Waals surface area contributed by atoms with E-state index >= 15 is 0 Å². The molecule has 0 amide bonds. The number of aromatic nitrogens is 5. The summed E-state index contributed by atoms with van der Waals surface area (Å²) in [5.74, 6) is 2.43. The molecule has 2 aromatic heterocycles. The molecule has 6 heteroatoms. The van der Waals surface area contributed by atoms with Crippen molar-refractivity contribution in [2.24, 2.45) is 7.05 Å². The lowest BCUT2D eigenvalue weighted by Gasteiger charge is -2.04. The van der Waals surface area contributed by atoms with Crippen molar-refractivity contribution in [1.82, 2.24) is 24.5 Å². The van der Waals surface area contributed by atoms with E-state index in [0.29, 0.717) is 12.6 Å². The van der Waals surface area contributed by atoms with E-state index in [9.17, 15) is 0 Å². The fraction of sp³-hybridized carbons (Fsp3) is 0.545. The Morgan fingerprint density at radius 3 is 2.65 bits per heavy atom. The highest BCUT2D eigenvalue weighted by atomic mass is 16.5. The first-order valence-electron chi connectivity index (χ1n) is 5.59. The van der Waals surface area contributed by atoms with Crippen LogP contribution in [0.2, 0.25) is 0 Å². The maximum absolute atomic E-state index is 5.61. The van der Waals surface area contributed by atoms with Crippen LogP contribution in [0.3, 0.4) is 0 Å². The molecule has 0 fully saturated rings. The maximum Gasteiger partial charge on any atom is 0.170 e. The lowest BCUT2D eigenvalue weighted by atomic mass is 10.4. The highest BCUT2D eigenvalue weighted by Gasteiger charge is 2.07. The molecular formula is C11H17N5O. The Balaban J connectivity index is 2.00. The second-order valence-corrected chi connectivity index (χ2v) is 4.26. The van der Waals surface area contributed by atoms with E-state index in [1.54, 1.807) is 6.20 Å². The van der Waals surface area contributed by atoms with Crippen LogP contribution in [0.15, 0.2) is 12.4 Å². The summed E-state index contributed by atoms with van der Waals surface area (Å²) < 4.78 is 9.38. The van der Waals surface area contributed by atoms with Crippen LogP contribution in [-0.2, 0) is 13.7 Å². The van der Waals surface area contributed by atoms with Crippen molar-refractivity contribution in [1.29, 1.82) is 0 Å². The lowest BCUT2D eigenvalue weighted by molar-refractivity contribution is 0.290. The van der Waals surface area contributed by atoms with Gasteiger partial charge in [0.05, 0.1) is 12.4 Å². The van der Waals surface area contributed by atoms with E-state index in [-0.39, 0.29) is 0 Å². The monoisotopic (exact) mass is 235 g/mol. The summed E-state index contributed by atoms with van der Waals surface area (Å²) in [5.41, 5.74) is 0. The summed E-state index contributed by atoms with van der Waals surface area (Å²) in [6, 6.07) is 0.337. The molecule has 0 spiro atoms. The largest absolute Gasteiger partial charge is 0.482 e. The average molecular weight is 235 g/mol. The van der Waals surface area contributed by atoms with Gasteiger partial charge in [0.25, 0.3) is 0 Å². The lowest BCUT2D eigenvalue weighted by Crippen LogP contribution is -2.04. The third kappa shape index (κ3) is 2.46. The van der Waals surface area contributed by atoms with Crippen molar-refractivity contribution < 1.29 is 4.74 Å². The minimum Gasteiger partial charge on any atom is -0.482 e. The molecule has 0 aromatic carbocycles. The van der Waals surface area contributed by atoms with E-state index in [0.717, 1.165) is 17.4 Å². The Hall–Kier alpha value is -1.85. The number of nitrogens with zero attached hydrogens (tertiary/aromatic N) is 5. The smallest absolute Gasteiger partial charge is 0.170 e. The molecule has 0 unspecified atom stereocenters. The summed E-state index contributed by atoms with van der Waals surface area (Å²) in [6.45, 7) is 6.46. The number of ether oxygens (including phenoxy) is 1. The van der Waals surface area contributed by atoms with Crippen molar-refractivity contribution in [3.63, 3.8) is 0 Å². The van der Waals surface area contributed by atoms with Crippen molar-refractivity contribution in [3.8, 4) is 5.75 Å². The number of hydrogen-bond acceptors (Lipinski definition) is 4. The Labute approximate surface area is 100 Å². The van der Waals surface area contributed by atoms with Gasteiger partial charge in [0.2, 0.25) is 0 Å². The van der Waals surface area contributed by atoms with E-state index in [4.69, 9.17) is 4.74 Å². The Bertz CT molecular complexity index is 500. The van der Waals surface area contributed by atoms with Gasteiger partial charge in [0.15, 0.2) is 11.6 Å². The van der Waals surface area contributed by atoms with Gasteiger partial charge in [-0.2, -0.15) is 5.10 Å². The van der Waals surface area contributed by atoms with Gasteiger partial charge < -0.3 is 9.30 Å². The molecular weight excluding hydrogens is 218 g/mol. The number of hydrogen-bond donors (Lipinski definition) is 0. The van der Waals surface area contributed by atoms with Gasteiger partial charge >= 0.3 is 0 Å². The van der Waals surface area contributed by atoms with Crippen LogP contribution < -0.4 is 4.74 Å². The highest BCUT2D eigenvalue weighted by molar-refractivity contribution is 5.12. The standard InChI is InChI=1S/C11H17N5O/c1-8(2)16-6-10(5-12-16)17-7-11-14-13-9(3)15(11)4/h5-6,8H,7H2,1-4H3. The van der Waals surface area contributed by atoms with Gasteiger partial charge in [-0.05, 0) is 20.8 Å². The molecule has 0 radical (unpaired) electrons. The molecule has 0 bridgehead atoms. The first-order chi connectivity index (χ1) is 8.08. The van der Waals surface area contributed by atoms with Crippen molar-refractivity contribution >= 4 is 0 Å². The molecule has 2 rings (SSSR count). The van der Waals surface area contributed by atoms with Crippen LogP contribution >= 0.6 is 0 Å². The zero-order valence-corrected chi connectivity index (χ0v) is 10.6. The van der Waals surface area contributed by atoms with Gasteiger partial charge in [0.1, 0.15) is 12.4 Å². The molecule has 0 aliphatic carbocycles. The molecule has 6 nitrogen and oxygen atoms in total. The molecule has 92 valence electrons. The molecule has 0 atom stereocenters. The quantitative estimate of drug-likeness (QED) is 0.805. The first-order valence-corrected chi connectivity index (χ1v) is 5.59. The van der Waals surface area contributed by atoms with E-state index in [1.165, 1.54) is 0 Å². The molecule has 17 heavy (non-hydrogen) atoms. The summed E-state index contributed by atoms with van der Waals surface area (Å²) >= 11 is 0. The van der Waals surface area contributed by atoms with Crippen LogP contribution in [0.25, 0.3) is 0 Å². The predicted octanol–water partition coefficient (Wildman–Crippen LogP) is 1.48. The third-order valence-corrected chi connectivity index (χ3v) is 2.66. The summed E-state index contributed by atoms with van der Waals surface area (Å²) in [5, 5.41) is 12.2. The molecule has 2 aromatic rings. The van der Waals surface area contributed by atoms with Crippen molar-refractivity contribution in [2.75, 3.05) is 0 Å². The van der Waals surface area contributed by atoms with E-state index in [1.807, 2.05) is 29.4 Å². The zero-order chi connectivity index (χ0) is 12.4. The van der Waals surface area contributed by atoms with Crippen molar-refractivity contribution in [2.45, 2.75) is 33.4 Å². The van der Waals surface area contributed by atoms with Crippen LogP contribution in [0.1, 0.15) is 31.5 Å². The first kappa shape index (κ1) is 11.6.